The van der Waals surface area contributed by atoms with Crippen LogP contribution >= 0.6 is 12.4 Å². The van der Waals surface area contributed by atoms with E-state index in [9.17, 15) is 13.2 Å². The lowest BCUT2D eigenvalue weighted by atomic mass is 9.96. The molecule has 1 aliphatic heterocycles. The molecule has 0 aromatic heterocycles. The van der Waals surface area contributed by atoms with E-state index in [1.165, 1.54) is 7.11 Å². The molecule has 0 radical (unpaired) electrons. The van der Waals surface area contributed by atoms with E-state index in [0.29, 0.717) is 12.5 Å². The van der Waals surface area contributed by atoms with Crippen LogP contribution in [0.5, 0.6) is 0 Å². The maximum absolute atomic E-state index is 12.4. The average molecular weight is 403 g/mol. The molecule has 1 aromatic rings. The minimum Gasteiger partial charge on any atom is -0.468 e. The second-order valence-corrected chi connectivity index (χ2v) is 8.76. The highest BCUT2D eigenvalue weighted by Gasteiger charge is 2.52. The Kier molecular flexibility index (Phi) is 7.07. The van der Waals surface area contributed by atoms with Gasteiger partial charge in [-0.1, -0.05) is 12.1 Å². The van der Waals surface area contributed by atoms with Crippen LogP contribution in [0.15, 0.2) is 29.2 Å². The van der Waals surface area contributed by atoms with Crippen molar-refractivity contribution in [2.45, 2.75) is 42.4 Å². The number of nitrogens with one attached hydrogen (secondary N) is 2. The standard InChI is InChI=1S/C18H26N2O4S.ClH/c1-24-17(21)18(9-10-18)15-4-6-16(7-5-15)25(22,23)20-12-8-14-3-2-11-19-13-14;/h4-7,14,19-20H,2-3,8-13H2,1H3;1H. The number of methoxy groups -OCH3 is 1. The lowest BCUT2D eigenvalue weighted by Gasteiger charge is -2.22. The molecule has 0 amide bonds. The van der Waals surface area contributed by atoms with Crippen LogP contribution in [0.1, 0.15) is 37.7 Å². The lowest BCUT2D eigenvalue weighted by Crippen LogP contribution is -2.33. The molecule has 1 atom stereocenters. The summed E-state index contributed by atoms with van der Waals surface area (Å²) in [6, 6.07) is 6.60. The second-order valence-electron chi connectivity index (χ2n) is 7.00. The average Bonchev–Trinajstić information content (AvgIpc) is 3.44. The van der Waals surface area contributed by atoms with Gasteiger partial charge in [0, 0.05) is 6.54 Å². The number of hydrogen-bond donors (Lipinski definition) is 2. The van der Waals surface area contributed by atoms with Crippen LogP contribution in [0.25, 0.3) is 0 Å². The third-order valence-corrected chi connectivity index (χ3v) is 6.76. The summed E-state index contributed by atoms with van der Waals surface area (Å²) in [5, 5.41) is 3.34. The Balaban J connectivity index is 0.00000243. The Bertz CT molecular complexity index is 711. The number of esters is 1. The molecule has 2 N–H and O–H groups in total. The first kappa shape index (κ1) is 21.2. The summed E-state index contributed by atoms with van der Waals surface area (Å²) in [4.78, 5) is 12.1. The van der Waals surface area contributed by atoms with Gasteiger partial charge in [0.05, 0.1) is 17.4 Å². The summed E-state index contributed by atoms with van der Waals surface area (Å²) >= 11 is 0. The molecule has 3 rings (SSSR count). The first-order valence-corrected chi connectivity index (χ1v) is 10.4. The number of sulfonamides is 1. The Labute approximate surface area is 161 Å². The first-order valence-electron chi connectivity index (χ1n) is 8.87. The predicted molar refractivity (Wildman–Crippen MR) is 102 cm³/mol. The molecule has 1 saturated carbocycles. The van der Waals surface area contributed by atoms with E-state index < -0.39 is 15.4 Å². The van der Waals surface area contributed by atoms with Crippen LogP contribution in [0.3, 0.4) is 0 Å². The highest BCUT2D eigenvalue weighted by atomic mass is 35.5. The van der Waals surface area contributed by atoms with E-state index in [4.69, 9.17) is 4.74 Å². The quantitative estimate of drug-likeness (QED) is 0.681. The van der Waals surface area contributed by atoms with Gasteiger partial charge in [0.1, 0.15) is 0 Å². The Hall–Kier alpha value is -1.15. The van der Waals surface area contributed by atoms with Crippen molar-refractivity contribution in [2.75, 3.05) is 26.7 Å². The molecule has 0 spiro atoms. The molecule has 1 unspecified atom stereocenters. The Morgan fingerprint density at radius 2 is 2.00 bits per heavy atom. The number of hydrogen-bond acceptors (Lipinski definition) is 5. The van der Waals surface area contributed by atoms with Crippen LogP contribution in [-0.4, -0.2) is 41.1 Å². The van der Waals surface area contributed by atoms with E-state index in [1.54, 1.807) is 24.3 Å². The second kappa shape index (κ2) is 8.69. The van der Waals surface area contributed by atoms with Crippen molar-refractivity contribution in [3.63, 3.8) is 0 Å². The molecule has 2 fully saturated rings. The van der Waals surface area contributed by atoms with Gasteiger partial charge in [-0.25, -0.2) is 13.1 Å². The number of piperidine rings is 1. The molecular weight excluding hydrogens is 376 g/mol. The molecular formula is C18H27ClN2O4S. The van der Waals surface area contributed by atoms with Gasteiger partial charge in [-0.15, -0.1) is 12.4 Å². The summed E-state index contributed by atoms with van der Waals surface area (Å²) in [5.41, 5.74) is 0.255. The molecule has 1 heterocycles. The van der Waals surface area contributed by atoms with Crippen molar-refractivity contribution in [1.29, 1.82) is 0 Å². The van der Waals surface area contributed by atoms with Crippen LogP contribution in [0.2, 0.25) is 0 Å². The highest BCUT2D eigenvalue weighted by molar-refractivity contribution is 7.89. The van der Waals surface area contributed by atoms with Gasteiger partial charge in [0.2, 0.25) is 10.0 Å². The zero-order valence-electron chi connectivity index (χ0n) is 15.0. The largest absolute Gasteiger partial charge is 0.468 e. The maximum Gasteiger partial charge on any atom is 0.316 e. The number of halogens is 1. The zero-order valence-corrected chi connectivity index (χ0v) is 16.6. The summed E-state index contributed by atoms with van der Waals surface area (Å²) in [6.07, 6.45) is 4.65. The first-order chi connectivity index (χ1) is 12.0. The van der Waals surface area contributed by atoms with Gasteiger partial charge in [-0.2, -0.15) is 0 Å². The monoisotopic (exact) mass is 402 g/mol. The van der Waals surface area contributed by atoms with Crippen molar-refractivity contribution >= 4 is 28.4 Å². The van der Waals surface area contributed by atoms with Crippen LogP contribution in [-0.2, 0) is 25.0 Å². The molecule has 1 aliphatic carbocycles. The fourth-order valence-corrected chi connectivity index (χ4v) is 4.58. The molecule has 146 valence electrons. The number of carbonyl (C=O) groups is 1. The maximum atomic E-state index is 12.4. The summed E-state index contributed by atoms with van der Waals surface area (Å²) in [5.74, 6) is 0.288. The molecule has 26 heavy (non-hydrogen) atoms. The minimum atomic E-state index is -3.52. The van der Waals surface area contributed by atoms with E-state index >= 15 is 0 Å². The topological polar surface area (TPSA) is 84.5 Å². The minimum absolute atomic E-state index is 0. The molecule has 8 heteroatoms. The van der Waals surface area contributed by atoms with E-state index in [-0.39, 0.29) is 23.3 Å². The van der Waals surface area contributed by atoms with E-state index in [2.05, 4.69) is 10.0 Å². The van der Waals surface area contributed by atoms with Gasteiger partial charge in [0.25, 0.3) is 0 Å². The highest BCUT2D eigenvalue weighted by Crippen LogP contribution is 2.49. The number of carbonyl (C=O) groups excluding carboxylic acids is 1. The Morgan fingerprint density at radius 3 is 2.54 bits per heavy atom. The number of benzene rings is 1. The fourth-order valence-electron chi connectivity index (χ4n) is 3.54. The van der Waals surface area contributed by atoms with E-state index in [0.717, 1.165) is 50.8 Å². The number of ether oxygens (including phenoxy) is 1. The summed E-state index contributed by atoms with van der Waals surface area (Å²) in [7, 11) is -2.13. The third kappa shape index (κ3) is 4.57. The molecule has 2 aliphatic rings. The van der Waals surface area contributed by atoms with Gasteiger partial charge in [0.15, 0.2) is 0 Å². The fraction of sp³-hybridized carbons (Fsp3) is 0.611. The van der Waals surface area contributed by atoms with Crippen molar-refractivity contribution in [3.05, 3.63) is 29.8 Å². The van der Waals surface area contributed by atoms with Gasteiger partial charge in [-0.05, 0) is 68.8 Å². The Morgan fingerprint density at radius 1 is 1.31 bits per heavy atom. The SMILES string of the molecule is COC(=O)C1(c2ccc(S(=O)(=O)NCCC3CCCNC3)cc2)CC1.Cl. The van der Waals surface area contributed by atoms with Gasteiger partial charge >= 0.3 is 5.97 Å². The van der Waals surface area contributed by atoms with Gasteiger partial charge < -0.3 is 10.1 Å². The lowest BCUT2D eigenvalue weighted by molar-refractivity contribution is -0.143. The zero-order chi connectivity index (χ0) is 17.9. The van der Waals surface area contributed by atoms with Crippen LogP contribution in [0, 0.1) is 5.92 Å². The van der Waals surface area contributed by atoms with Crippen molar-refractivity contribution in [3.8, 4) is 0 Å². The molecule has 1 aromatic carbocycles. The predicted octanol–water partition coefficient (Wildman–Crippen LogP) is 1.98. The molecule has 0 bridgehead atoms. The van der Waals surface area contributed by atoms with Crippen molar-refractivity contribution in [1.82, 2.24) is 10.0 Å². The van der Waals surface area contributed by atoms with Crippen LogP contribution < -0.4 is 10.0 Å². The van der Waals surface area contributed by atoms with Gasteiger partial charge in [-0.3, -0.25) is 4.79 Å². The number of rotatable bonds is 7. The normalized spacial score (nSPS) is 21.5. The summed E-state index contributed by atoms with van der Waals surface area (Å²) < 4.78 is 32.4. The smallest absolute Gasteiger partial charge is 0.316 e. The molecule has 1 saturated heterocycles. The van der Waals surface area contributed by atoms with Crippen molar-refractivity contribution < 1.29 is 17.9 Å². The molecule has 6 nitrogen and oxygen atoms in total. The van der Waals surface area contributed by atoms with Crippen LogP contribution in [0.4, 0.5) is 0 Å². The van der Waals surface area contributed by atoms with E-state index in [1.807, 2.05) is 0 Å². The third-order valence-electron chi connectivity index (χ3n) is 5.29. The van der Waals surface area contributed by atoms with Crippen molar-refractivity contribution in [2.24, 2.45) is 5.92 Å². The summed E-state index contributed by atoms with van der Waals surface area (Å²) in [6.45, 7) is 2.47.